The van der Waals surface area contributed by atoms with E-state index in [2.05, 4.69) is 19.2 Å². The van der Waals surface area contributed by atoms with Crippen molar-refractivity contribution < 1.29 is 14.3 Å². The lowest BCUT2D eigenvalue weighted by molar-refractivity contribution is -0.134. The molecule has 1 aromatic carbocycles. The van der Waals surface area contributed by atoms with Crippen molar-refractivity contribution in [3.8, 4) is 11.5 Å². The molecule has 1 saturated heterocycles. The molecule has 0 bridgehead atoms. The fourth-order valence-electron chi connectivity index (χ4n) is 2.93. The molecule has 1 fully saturated rings. The molecular weight excluding hydrogens is 316 g/mol. The van der Waals surface area contributed by atoms with Gasteiger partial charge in [-0.15, -0.1) is 0 Å². The van der Waals surface area contributed by atoms with Gasteiger partial charge in [0.1, 0.15) is 0 Å². The number of ether oxygens (including phenoxy) is 2. The summed E-state index contributed by atoms with van der Waals surface area (Å²) in [7, 11) is 0. The SMILES string of the molecule is CCOc1cc(CNCC(C)C)ccc1OCC(=O)N1CCCCC1. The highest BCUT2D eigenvalue weighted by atomic mass is 16.5. The van der Waals surface area contributed by atoms with E-state index in [1.807, 2.05) is 30.0 Å². The number of amides is 1. The first-order chi connectivity index (χ1) is 12.1. The summed E-state index contributed by atoms with van der Waals surface area (Å²) in [5.41, 5.74) is 1.15. The number of likely N-dealkylation sites (tertiary alicyclic amines) is 1. The molecular formula is C20H32N2O3. The highest BCUT2D eigenvalue weighted by Gasteiger charge is 2.17. The molecule has 0 spiro atoms. The summed E-state index contributed by atoms with van der Waals surface area (Å²) < 4.78 is 11.5. The molecule has 5 heteroatoms. The van der Waals surface area contributed by atoms with Crippen LogP contribution in [0.3, 0.4) is 0 Å². The minimum Gasteiger partial charge on any atom is -0.490 e. The monoisotopic (exact) mass is 348 g/mol. The van der Waals surface area contributed by atoms with Crippen molar-refractivity contribution >= 4 is 5.91 Å². The number of benzene rings is 1. The third kappa shape index (κ3) is 6.58. The van der Waals surface area contributed by atoms with Crippen LogP contribution in [0.15, 0.2) is 18.2 Å². The van der Waals surface area contributed by atoms with Crippen LogP contribution < -0.4 is 14.8 Å². The first-order valence-electron chi connectivity index (χ1n) is 9.47. The zero-order chi connectivity index (χ0) is 18.1. The lowest BCUT2D eigenvalue weighted by atomic mass is 10.1. The minimum absolute atomic E-state index is 0.0600. The van der Waals surface area contributed by atoms with E-state index >= 15 is 0 Å². The molecule has 1 aromatic rings. The van der Waals surface area contributed by atoms with Crippen LogP contribution in [-0.2, 0) is 11.3 Å². The Morgan fingerprint density at radius 2 is 1.92 bits per heavy atom. The van der Waals surface area contributed by atoms with Crippen LogP contribution >= 0.6 is 0 Å². The Kier molecular flexibility index (Phi) is 8.06. The van der Waals surface area contributed by atoms with Crippen molar-refractivity contribution in [2.75, 3.05) is 32.8 Å². The summed E-state index contributed by atoms with van der Waals surface area (Å²) in [5, 5.41) is 3.43. The number of hydrogen-bond acceptors (Lipinski definition) is 4. The van der Waals surface area contributed by atoms with E-state index in [-0.39, 0.29) is 12.5 Å². The number of nitrogens with zero attached hydrogens (tertiary/aromatic N) is 1. The van der Waals surface area contributed by atoms with Crippen LogP contribution in [0, 0.1) is 5.92 Å². The summed E-state index contributed by atoms with van der Waals surface area (Å²) in [6, 6.07) is 5.93. The Bertz CT molecular complexity index is 540. The number of carbonyl (C=O) groups excluding carboxylic acids is 1. The standard InChI is InChI=1S/C20H32N2O3/c1-4-24-19-12-17(14-21-13-16(2)3)8-9-18(19)25-15-20(23)22-10-6-5-7-11-22/h8-9,12,16,21H,4-7,10-11,13-15H2,1-3H3. The first-order valence-corrected chi connectivity index (χ1v) is 9.47. The van der Waals surface area contributed by atoms with Gasteiger partial charge in [-0.05, 0) is 56.3 Å². The minimum atomic E-state index is 0.0600. The van der Waals surface area contributed by atoms with Gasteiger partial charge < -0.3 is 19.7 Å². The molecule has 1 aliphatic rings. The smallest absolute Gasteiger partial charge is 0.260 e. The molecule has 0 aromatic heterocycles. The molecule has 0 unspecified atom stereocenters. The molecule has 5 nitrogen and oxygen atoms in total. The van der Waals surface area contributed by atoms with Gasteiger partial charge in [0.05, 0.1) is 6.61 Å². The molecule has 0 atom stereocenters. The predicted octanol–water partition coefficient (Wildman–Crippen LogP) is 3.22. The van der Waals surface area contributed by atoms with Gasteiger partial charge in [0.15, 0.2) is 18.1 Å². The highest BCUT2D eigenvalue weighted by Crippen LogP contribution is 2.28. The van der Waals surface area contributed by atoms with Crippen LogP contribution in [-0.4, -0.2) is 43.7 Å². The lowest BCUT2D eigenvalue weighted by Gasteiger charge is -2.26. The maximum Gasteiger partial charge on any atom is 0.260 e. The molecule has 140 valence electrons. The normalized spacial score (nSPS) is 14.6. The van der Waals surface area contributed by atoms with Gasteiger partial charge in [-0.2, -0.15) is 0 Å². The number of carbonyl (C=O) groups is 1. The summed E-state index contributed by atoms with van der Waals surface area (Å²) in [6.07, 6.45) is 3.40. The lowest BCUT2D eigenvalue weighted by Crippen LogP contribution is -2.38. The average molecular weight is 348 g/mol. The van der Waals surface area contributed by atoms with Gasteiger partial charge in [0, 0.05) is 19.6 Å². The fourth-order valence-corrected chi connectivity index (χ4v) is 2.93. The van der Waals surface area contributed by atoms with Crippen LogP contribution in [0.2, 0.25) is 0 Å². The van der Waals surface area contributed by atoms with Gasteiger partial charge in [-0.3, -0.25) is 4.79 Å². The average Bonchev–Trinajstić information content (AvgIpc) is 2.61. The molecule has 2 rings (SSSR count). The van der Waals surface area contributed by atoms with Crippen molar-refractivity contribution in [1.82, 2.24) is 10.2 Å². The van der Waals surface area contributed by atoms with Gasteiger partial charge in [-0.25, -0.2) is 0 Å². The number of nitrogens with one attached hydrogen (secondary N) is 1. The topological polar surface area (TPSA) is 50.8 Å². The van der Waals surface area contributed by atoms with Crippen LogP contribution in [0.1, 0.15) is 45.6 Å². The Hall–Kier alpha value is -1.75. The van der Waals surface area contributed by atoms with Crippen LogP contribution in [0.25, 0.3) is 0 Å². The summed E-state index contributed by atoms with van der Waals surface area (Å²) in [5.74, 6) is 2.03. The second-order valence-corrected chi connectivity index (χ2v) is 6.97. The van der Waals surface area contributed by atoms with E-state index in [9.17, 15) is 4.79 Å². The Labute approximate surface area is 151 Å². The molecule has 0 aliphatic carbocycles. The summed E-state index contributed by atoms with van der Waals surface area (Å²) >= 11 is 0. The maximum atomic E-state index is 12.3. The number of piperidine rings is 1. The van der Waals surface area contributed by atoms with Gasteiger partial charge in [0.2, 0.25) is 0 Å². The second-order valence-electron chi connectivity index (χ2n) is 6.97. The van der Waals surface area contributed by atoms with E-state index in [1.165, 1.54) is 6.42 Å². The largest absolute Gasteiger partial charge is 0.490 e. The summed E-state index contributed by atoms with van der Waals surface area (Å²) in [6.45, 7) is 10.4. The molecule has 1 N–H and O–H groups in total. The predicted molar refractivity (Wildman–Crippen MR) is 100 cm³/mol. The van der Waals surface area contributed by atoms with Gasteiger partial charge >= 0.3 is 0 Å². The first kappa shape index (κ1) is 19.6. The van der Waals surface area contributed by atoms with Crippen LogP contribution in [0.5, 0.6) is 11.5 Å². The Morgan fingerprint density at radius 3 is 2.60 bits per heavy atom. The highest BCUT2D eigenvalue weighted by molar-refractivity contribution is 5.78. The van der Waals surface area contributed by atoms with E-state index in [4.69, 9.17) is 9.47 Å². The Morgan fingerprint density at radius 1 is 1.16 bits per heavy atom. The van der Waals surface area contributed by atoms with E-state index in [0.717, 1.165) is 44.6 Å². The van der Waals surface area contributed by atoms with Crippen LogP contribution in [0.4, 0.5) is 0 Å². The van der Waals surface area contributed by atoms with Crippen molar-refractivity contribution in [3.63, 3.8) is 0 Å². The fraction of sp³-hybridized carbons (Fsp3) is 0.650. The van der Waals surface area contributed by atoms with Gasteiger partial charge in [0.25, 0.3) is 5.91 Å². The number of hydrogen-bond donors (Lipinski definition) is 1. The van der Waals surface area contributed by atoms with Gasteiger partial charge in [-0.1, -0.05) is 19.9 Å². The third-order valence-corrected chi connectivity index (χ3v) is 4.25. The third-order valence-electron chi connectivity index (χ3n) is 4.25. The van der Waals surface area contributed by atoms with E-state index in [1.54, 1.807) is 0 Å². The van der Waals surface area contributed by atoms with Crippen molar-refractivity contribution in [1.29, 1.82) is 0 Å². The zero-order valence-electron chi connectivity index (χ0n) is 15.8. The maximum absolute atomic E-state index is 12.3. The number of rotatable bonds is 9. The zero-order valence-corrected chi connectivity index (χ0v) is 15.8. The quantitative estimate of drug-likeness (QED) is 0.744. The molecule has 0 saturated carbocycles. The molecule has 1 aliphatic heterocycles. The molecule has 1 heterocycles. The molecule has 1 amide bonds. The van der Waals surface area contributed by atoms with E-state index < -0.39 is 0 Å². The van der Waals surface area contributed by atoms with Crippen molar-refractivity contribution in [3.05, 3.63) is 23.8 Å². The Balaban J connectivity index is 1.92. The molecule has 0 radical (unpaired) electrons. The van der Waals surface area contributed by atoms with E-state index in [0.29, 0.717) is 24.0 Å². The van der Waals surface area contributed by atoms with Crippen molar-refractivity contribution in [2.24, 2.45) is 5.92 Å². The summed E-state index contributed by atoms with van der Waals surface area (Å²) in [4.78, 5) is 14.2. The second kappa shape index (κ2) is 10.3. The van der Waals surface area contributed by atoms with Crippen molar-refractivity contribution in [2.45, 2.75) is 46.6 Å². The molecule has 25 heavy (non-hydrogen) atoms.